The summed E-state index contributed by atoms with van der Waals surface area (Å²) >= 11 is 0. The molecule has 0 bridgehead atoms. The number of hydrogen-bond acceptors (Lipinski definition) is 6. The quantitative estimate of drug-likeness (QED) is 0.773. The van der Waals surface area contributed by atoms with Crippen LogP contribution in [0.4, 0.5) is 5.69 Å². The number of fused-ring (bicyclic) bond motifs is 1. The Kier molecular flexibility index (Phi) is 6.00. The smallest absolute Gasteiger partial charge is 0.261 e. The van der Waals surface area contributed by atoms with Crippen molar-refractivity contribution in [1.82, 2.24) is 10.2 Å². The molecule has 1 fully saturated rings. The number of nitrogens with zero attached hydrogens (tertiary/aromatic N) is 2. The normalized spacial score (nSPS) is 21.4. The minimum absolute atomic E-state index is 0.206. The number of amides is 1. The molecular formula is C17H25N3O5S. The van der Waals surface area contributed by atoms with Crippen LogP contribution in [0.15, 0.2) is 24.3 Å². The van der Waals surface area contributed by atoms with E-state index in [1.165, 1.54) is 4.31 Å². The summed E-state index contributed by atoms with van der Waals surface area (Å²) in [7, 11) is -3.44. The average Bonchev–Trinajstić information content (AvgIpc) is 2.82. The highest BCUT2D eigenvalue weighted by molar-refractivity contribution is 7.92. The van der Waals surface area contributed by atoms with Gasteiger partial charge in [0.25, 0.3) is 5.91 Å². The maximum absolute atomic E-state index is 12.5. The molecule has 0 aliphatic carbocycles. The van der Waals surface area contributed by atoms with E-state index in [9.17, 15) is 13.2 Å². The fourth-order valence-electron chi connectivity index (χ4n) is 3.13. The van der Waals surface area contributed by atoms with Crippen LogP contribution in [-0.4, -0.2) is 77.5 Å². The second kappa shape index (κ2) is 8.24. The van der Waals surface area contributed by atoms with Gasteiger partial charge in [0.1, 0.15) is 5.75 Å². The summed E-state index contributed by atoms with van der Waals surface area (Å²) in [6.45, 7) is 4.66. The van der Waals surface area contributed by atoms with Gasteiger partial charge in [0.15, 0.2) is 6.10 Å². The molecule has 0 aromatic heterocycles. The van der Waals surface area contributed by atoms with Crippen molar-refractivity contribution in [3.63, 3.8) is 0 Å². The molecule has 1 N–H and O–H groups in total. The van der Waals surface area contributed by atoms with Crippen LogP contribution in [0.5, 0.6) is 5.75 Å². The number of anilines is 1. The number of benzene rings is 1. The SMILES string of the molecule is CS(=O)(=O)N1CCC(C(=O)NCCN2CCOCC2)Oc2ccccc21. The molecule has 9 heteroatoms. The highest BCUT2D eigenvalue weighted by Crippen LogP contribution is 2.33. The van der Waals surface area contributed by atoms with Crippen LogP contribution in [-0.2, 0) is 19.6 Å². The van der Waals surface area contributed by atoms with E-state index in [1.807, 2.05) is 0 Å². The Balaban J connectivity index is 1.61. The van der Waals surface area contributed by atoms with Gasteiger partial charge < -0.3 is 14.8 Å². The molecule has 1 unspecified atom stereocenters. The first-order valence-electron chi connectivity index (χ1n) is 8.76. The number of nitrogens with one attached hydrogen (secondary N) is 1. The van der Waals surface area contributed by atoms with Crippen LogP contribution in [0, 0.1) is 0 Å². The molecule has 1 aromatic rings. The topological polar surface area (TPSA) is 88.2 Å². The van der Waals surface area contributed by atoms with Gasteiger partial charge in [0, 0.05) is 39.1 Å². The summed E-state index contributed by atoms with van der Waals surface area (Å²) in [5.74, 6) is 0.187. The lowest BCUT2D eigenvalue weighted by Gasteiger charge is -2.26. The van der Waals surface area contributed by atoms with Crippen molar-refractivity contribution in [2.75, 3.05) is 56.5 Å². The number of sulfonamides is 1. The zero-order valence-corrected chi connectivity index (χ0v) is 15.7. The Morgan fingerprint density at radius 3 is 2.69 bits per heavy atom. The molecular weight excluding hydrogens is 358 g/mol. The maximum atomic E-state index is 12.5. The Labute approximate surface area is 154 Å². The van der Waals surface area contributed by atoms with E-state index in [0.717, 1.165) is 39.1 Å². The summed E-state index contributed by atoms with van der Waals surface area (Å²) in [6, 6.07) is 6.89. The molecule has 2 aliphatic heterocycles. The molecule has 3 rings (SSSR count). The highest BCUT2D eigenvalue weighted by Gasteiger charge is 2.30. The Hall–Kier alpha value is -1.84. The number of carbonyl (C=O) groups excluding carboxylic acids is 1. The number of ether oxygens (including phenoxy) is 2. The van der Waals surface area contributed by atoms with Gasteiger partial charge in [0.2, 0.25) is 10.0 Å². The monoisotopic (exact) mass is 383 g/mol. The second-order valence-corrected chi connectivity index (χ2v) is 8.35. The molecule has 2 aliphatic rings. The van der Waals surface area contributed by atoms with E-state index in [-0.39, 0.29) is 12.5 Å². The Morgan fingerprint density at radius 1 is 1.23 bits per heavy atom. The van der Waals surface area contributed by atoms with Crippen LogP contribution in [0.1, 0.15) is 6.42 Å². The Morgan fingerprint density at radius 2 is 1.96 bits per heavy atom. The predicted octanol–water partition coefficient (Wildman–Crippen LogP) is 0.0521. The van der Waals surface area contributed by atoms with Crippen LogP contribution < -0.4 is 14.4 Å². The van der Waals surface area contributed by atoms with Gasteiger partial charge in [-0.05, 0) is 12.1 Å². The third kappa shape index (κ3) is 4.66. The van der Waals surface area contributed by atoms with Crippen molar-refractivity contribution in [2.45, 2.75) is 12.5 Å². The van der Waals surface area contributed by atoms with Gasteiger partial charge in [-0.2, -0.15) is 0 Å². The van der Waals surface area contributed by atoms with E-state index in [0.29, 0.717) is 24.4 Å². The third-order valence-electron chi connectivity index (χ3n) is 4.52. The molecule has 2 heterocycles. The van der Waals surface area contributed by atoms with Gasteiger partial charge in [-0.1, -0.05) is 12.1 Å². The van der Waals surface area contributed by atoms with Crippen LogP contribution in [0.3, 0.4) is 0 Å². The molecule has 0 spiro atoms. The number of para-hydroxylation sites is 2. The minimum Gasteiger partial charge on any atom is -0.478 e. The first kappa shape index (κ1) is 18.9. The highest BCUT2D eigenvalue weighted by atomic mass is 32.2. The fraction of sp³-hybridized carbons (Fsp3) is 0.588. The second-order valence-electron chi connectivity index (χ2n) is 6.44. The maximum Gasteiger partial charge on any atom is 0.261 e. The number of morpholine rings is 1. The van der Waals surface area contributed by atoms with E-state index in [1.54, 1.807) is 24.3 Å². The molecule has 1 amide bonds. The fourth-order valence-corrected chi connectivity index (χ4v) is 4.08. The molecule has 1 aromatic carbocycles. The number of hydrogen-bond donors (Lipinski definition) is 1. The zero-order valence-electron chi connectivity index (χ0n) is 14.9. The summed E-state index contributed by atoms with van der Waals surface area (Å²) < 4.78 is 36.6. The molecule has 1 atom stereocenters. The van der Waals surface area contributed by atoms with E-state index in [2.05, 4.69) is 10.2 Å². The number of rotatable bonds is 5. The van der Waals surface area contributed by atoms with E-state index < -0.39 is 16.1 Å². The minimum atomic E-state index is -3.44. The first-order valence-corrected chi connectivity index (χ1v) is 10.6. The molecule has 26 heavy (non-hydrogen) atoms. The van der Waals surface area contributed by atoms with Crippen molar-refractivity contribution < 1.29 is 22.7 Å². The van der Waals surface area contributed by atoms with Gasteiger partial charge >= 0.3 is 0 Å². The third-order valence-corrected chi connectivity index (χ3v) is 5.70. The number of carbonyl (C=O) groups is 1. The summed E-state index contributed by atoms with van der Waals surface area (Å²) in [5.41, 5.74) is 0.471. The first-order chi connectivity index (χ1) is 12.4. The zero-order chi connectivity index (χ0) is 18.6. The van der Waals surface area contributed by atoms with E-state index >= 15 is 0 Å². The lowest BCUT2D eigenvalue weighted by Crippen LogP contribution is -2.45. The molecule has 8 nitrogen and oxygen atoms in total. The molecule has 1 saturated heterocycles. The van der Waals surface area contributed by atoms with Gasteiger partial charge in [0.05, 0.1) is 25.2 Å². The van der Waals surface area contributed by atoms with Crippen LogP contribution in [0.25, 0.3) is 0 Å². The van der Waals surface area contributed by atoms with Crippen molar-refractivity contribution in [3.05, 3.63) is 24.3 Å². The lowest BCUT2D eigenvalue weighted by molar-refractivity contribution is -0.128. The Bertz CT molecular complexity index is 734. The molecule has 0 saturated carbocycles. The van der Waals surface area contributed by atoms with Crippen LogP contribution >= 0.6 is 0 Å². The van der Waals surface area contributed by atoms with Gasteiger partial charge in [-0.15, -0.1) is 0 Å². The van der Waals surface area contributed by atoms with Gasteiger partial charge in [-0.3, -0.25) is 14.0 Å². The van der Waals surface area contributed by atoms with E-state index in [4.69, 9.17) is 9.47 Å². The summed E-state index contributed by atoms with van der Waals surface area (Å²) in [6.07, 6.45) is 0.741. The molecule has 0 radical (unpaired) electrons. The van der Waals surface area contributed by atoms with Crippen molar-refractivity contribution >= 4 is 21.6 Å². The van der Waals surface area contributed by atoms with Crippen molar-refractivity contribution in [2.24, 2.45) is 0 Å². The molecule has 144 valence electrons. The van der Waals surface area contributed by atoms with Crippen molar-refractivity contribution in [3.8, 4) is 5.75 Å². The average molecular weight is 383 g/mol. The summed E-state index contributed by atoms with van der Waals surface area (Å²) in [5, 5.41) is 2.90. The van der Waals surface area contributed by atoms with Crippen LogP contribution in [0.2, 0.25) is 0 Å². The summed E-state index contributed by atoms with van der Waals surface area (Å²) in [4.78, 5) is 14.7. The predicted molar refractivity (Wildman–Crippen MR) is 97.9 cm³/mol. The van der Waals surface area contributed by atoms with Gasteiger partial charge in [-0.25, -0.2) is 8.42 Å². The van der Waals surface area contributed by atoms with Crippen molar-refractivity contribution in [1.29, 1.82) is 0 Å². The lowest BCUT2D eigenvalue weighted by atomic mass is 10.2. The standard InChI is InChI=1S/C17H25N3O5S/c1-26(22,23)20-8-6-16(25-15-5-3-2-4-14(15)20)17(21)18-7-9-19-10-12-24-13-11-19/h2-5,16H,6-13H2,1H3,(H,18,21). The largest absolute Gasteiger partial charge is 0.478 e.